The highest BCUT2D eigenvalue weighted by atomic mass is 16.5. The van der Waals surface area contributed by atoms with Gasteiger partial charge in [0, 0.05) is 20.6 Å². The van der Waals surface area contributed by atoms with Crippen LogP contribution in [0.1, 0.15) is 19.4 Å². The first kappa shape index (κ1) is 16.1. The maximum atomic E-state index is 12.5. The van der Waals surface area contributed by atoms with E-state index in [9.17, 15) is 14.8 Å². The Hall–Kier alpha value is -2.28. The quantitative estimate of drug-likeness (QED) is 0.659. The van der Waals surface area contributed by atoms with E-state index in [4.69, 9.17) is 0 Å². The molecule has 1 heterocycles. The van der Waals surface area contributed by atoms with Gasteiger partial charge in [-0.05, 0) is 19.4 Å². The van der Waals surface area contributed by atoms with Gasteiger partial charge in [0.25, 0.3) is 0 Å². The summed E-state index contributed by atoms with van der Waals surface area (Å²) in [5.41, 5.74) is 0.241. The minimum absolute atomic E-state index is 0.234. The van der Waals surface area contributed by atoms with Crippen molar-refractivity contribution in [2.24, 2.45) is 0 Å². The minimum atomic E-state index is -0.774. The van der Waals surface area contributed by atoms with Crippen LogP contribution in [0, 0.1) is 0 Å². The van der Waals surface area contributed by atoms with Crippen LogP contribution < -0.4 is 5.32 Å². The number of hydroxylamine groups is 2. The zero-order valence-corrected chi connectivity index (χ0v) is 13.3. The molecule has 120 valence electrons. The van der Waals surface area contributed by atoms with Gasteiger partial charge in [0.1, 0.15) is 0 Å². The van der Waals surface area contributed by atoms with Crippen molar-refractivity contribution in [3.05, 3.63) is 35.9 Å². The number of benzene rings is 1. The molecule has 0 aliphatic carbocycles. The Kier molecular flexibility index (Phi) is 4.27. The highest BCUT2D eigenvalue weighted by molar-refractivity contribution is 5.80. The second kappa shape index (κ2) is 5.84. The smallest absolute Gasteiger partial charge is 0.339 e. The van der Waals surface area contributed by atoms with Gasteiger partial charge in [-0.3, -0.25) is 5.21 Å². The molecular formula is C15H22N4O3. The third-order valence-electron chi connectivity index (χ3n) is 4.06. The summed E-state index contributed by atoms with van der Waals surface area (Å²) in [4.78, 5) is 27.3. The molecule has 2 N–H and O–H groups in total. The van der Waals surface area contributed by atoms with E-state index in [1.165, 1.54) is 11.9 Å². The SMILES string of the molecule is CNC(=O)N(O)[C@@H]1N(C)C(=O)N(Cc2ccccc2)C1(C)C. The van der Waals surface area contributed by atoms with E-state index in [1.54, 1.807) is 11.9 Å². The number of carbonyl (C=O) groups is 2. The zero-order valence-electron chi connectivity index (χ0n) is 13.3. The predicted octanol–water partition coefficient (Wildman–Crippen LogP) is 1.69. The molecule has 4 amide bonds. The third-order valence-corrected chi connectivity index (χ3v) is 4.06. The first-order valence-electron chi connectivity index (χ1n) is 7.09. The van der Waals surface area contributed by atoms with Crippen molar-refractivity contribution in [1.82, 2.24) is 20.2 Å². The van der Waals surface area contributed by atoms with Crippen molar-refractivity contribution in [3.8, 4) is 0 Å². The summed E-state index contributed by atoms with van der Waals surface area (Å²) >= 11 is 0. The van der Waals surface area contributed by atoms with Crippen LogP contribution in [-0.2, 0) is 6.54 Å². The van der Waals surface area contributed by atoms with Crippen molar-refractivity contribution in [2.75, 3.05) is 14.1 Å². The van der Waals surface area contributed by atoms with E-state index in [0.29, 0.717) is 11.6 Å². The number of urea groups is 2. The van der Waals surface area contributed by atoms with E-state index >= 15 is 0 Å². The number of hydrogen-bond acceptors (Lipinski definition) is 3. The van der Waals surface area contributed by atoms with Gasteiger partial charge in [-0.25, -0.2) is 9.59 Å². The second-order valence-electron chi connectivity index (χ2n) is 5.89. The fourth-order valence-electron chi connectivity index (χ4n) is 2.88. The van der Waals surface area contributed by atoms with Gasteiger partial charge < -0.3 is 15.1 Å². The lowest BCUT2D eigenvalue weighted by Crippen LogP contribution is -2.57. The first-order chi connectivity index (χ1) is 10.3. The highest BCUT2D eigenvalue weighted by Gasteiger charge is 2.53. The summed E-state index contributed by atoms with van der Waals surface area (Å²) in [6, 6.07) is 8.72. The van der Waals surface area contributed by atoms with Crippen molar-refractivity contribution in [3.63, 3.8) is 0 Å². The average molecular weight is 306 g/mol. The van der Waals surface area contributed by atoms with Crippen molar-refractivity contribution in [2.45, 2.75) is 32.1 Å². The fraction of sp³-hybridized carbons (Fsp3) is 0.467. The summed E-state index contributed by atoms with van der Waals surface area (Å²) in [5.74, 6) is 0. The van der Waals surface area contributed by atoms with Gasteiger partial charge in [-0.2, -0.15) is 5.06 Å². The van der Waals surface area contributed by atoms with E-state index < -0.39 is 17.7 Å². The van der Waals surface area contributed by atoms with E-state index in [2.05, 4.69) is 5.32 Å². The standard InChI is InChI=1S/C15H22N4O3/c1-15(2)12(19(22)13(20)16-3)17(4)14(21)18(15)10-11-8-6-5-7-9-11/h5-9,12,22H,10H2,1-4H3,(H,16,20)/t12-/m0/s1. The number of rotatable bonds is 3. The van der Waals surface area contributed by atoms with Crippen LogP contribution in [0.25, 0.3) is 0 Å². The summed E-state index contributed by atoms with van der Waals surface area (Å²) in [6.45, 7) is 4.07. The van der Waals surface area contributed by atoms with Crippen molar-refractivity contribution < 1.29 is 14.8 Å². The van der Waals surface area contributed by atoms with E-state index in [1.807, 2.05) is 44.2 Å². The molecule has 1 saturated heterocycles. The summed E-state index contributed by atoms with van der Waals surface area (Å²) < 4.78 is 0. The number of amides is 4. The lowest BCUT2D eigenvalue weighted by atomic mass is 9.99. The molecule has 1 atom stereocenters. The van der Waals surface area contributed by atoms with Crippen molar-refractivity contribution in [1.29, 1.82) is 0 Å². The van der Waals surface area contributed by atoms with Gasteiger partial charge in [-0.1, -0.05) is 30.3 Å². The van der Waals surface area contributed by atoms with Gasteiger partial charge in [0.2, 0.25) is 0 Å². The number of nitrogens with one attached hydrogen (secondary N) is 1. The van der Waals surface area contributed by atoms with Crippen LogP contribution in [0.3, 0.4) is 0 Å². The summed E-state index contributed by atoms with van der Waals surface area (Å²) in [6.07, 6.45) is -0.774. The Morgan fingerprint density at radius 1 is 1.36 bits per heavy atom. The minimum Gasteiger partial charge on any atom is -0.339 e. The molecule has 2 rings (SSSR count). The average Bonchev–Trinajstić information content (AvgIpc) is 2.66. The third kappa shape index (κ3) is 2.59. The Morgan fingerprint density at radius 3 is 2.50 bits per heavy atom. The molecule has 0 saturated carbocycles. The molecule has 1 aliphatic heterocycles. The molecule has 1 aliphatic rings. The monoisotopic (exact) mass is 306 g/mol. The van der Waals surface area contributed by atoms with Crippen LogP contribution in [0.2, 0.25) is 0 Å². The summed E-state index contributed by atoms with van der Waals surface area (Å²) in [5, 5.41) is 13.1. The van der Waals surface area contributed by atoms with Crippen molar-refractivity contribution >= 4 is 12.1 Å². The largest absolute Gasteiger partial charge is 0.342 e. The molecular weight excluding hydrogens is 284 g/mol. The molecule has 7 nitrogen and oxygen atoms in total. The Balaban J connectivity index is 2.29. The van der Waals surface area contributed by atoms with Gasteiger partial charge in [-0.15, -0.1) is 0 Å². The van der Waals surface area contributed by atoms with E-state index in [-0.39, 0.29) is 6.03 Å². The van der Waals surface area contributed by atoms with Gasteiger partial charge in [0.15, 0.2) is 6.17 Å². The molecule has 1 aromatic carbocycles. The topological polar surface area (TPSA) is 76.1 Å². The molecule has 0 radical (unpaired) electrons. The number of nitrogens with zero attached hydrogens (tertiary/aromatic N) is 3. The number of hydrogen-bond donors (Lipinski definition) is 2. The molecule has 0 bridgehead atoms. The zero-order chi connectivity index (χ0) is 16.5. The molecule has 0 unspecified atom stereocenters. The second-order valence-corrected chi connectivity index (χ2v) is 5.89. The predicted molar refractivity (Wildman–Crippen MR) is 81.1 cm³/mol. The van der Waals surface area contributed by atoms with Crippen LogP contribution in [0.15, 0.2) is 30.3 Å². The Morgan fingerprint density at radius 2 is 1.95 bits per heavy atom. The van der Waals surface area contributed by atoms with Crippen LogP contribution in [-0.4, -0.2) is 57.9 Å². The molecule has 1 fully saturated rings. The lowest BCUT2D eigenvalue weighted by Gasteiger charge is -2.37. The van der Waals surface area contributed by atoms with Crippen LogP contribution in [0.4, 0.5) is 9.59 Å². The number of likely N-dealkylation sites (N-methyl/N-ethyl adjacent to an activating group) is 1. The summed E-state index contributed by atoms with van der Waals surface area (Å²) in [7, 11) is 3.00. The Labute approximate surface area is 130 Å². The fourth-order valence-corrected chi connectivity index (χ4v) is 2.88. The van der Waals surface area contributed by atoms with Gasteiger partial charge in [0.05, 0.1) is 5.54 Å². The maximum Gasteiger partial charge on any atom is 0.342 e. The molecule has 7 heteroatoms. The first-order valence-corrected chi connectivity index (χ1v) is 7.09. The lowest BCUT2D eigenvalue weighted by molar-refractivity contribution is -0.129. The normalized spacial score (nSPS) is 20.2. The Bertz CT molecular complexity index is 561. The maximum absolute atomic E-state index is 12.5. The molecule has 1 aromatic rings. The van der Waals surface area contributed by atoms with E-state index in [0.717, 1.165) is 5.56 Å². The molecule has 0 spiro atoms. The highest BCUT2D eigenvalue weighted by Crippen LogP contribution is 2.34. The van der Waals surface area contributed by atoms with Crippen LogP contribution in [0.5, 0.6) is 0 Å². The molecule has 0 aromatic heterocycles. The van der Waals surface area contributed by atoms with Crippen LogP contribution >= 0.6 is 0 Å². The molecule has 22 heavy (non-hydrogen) atoms. The number of carbonyl (C=O) groups excluding carboxylic acids is 2. The van der Waals surface area contributed by atoms with Gasteiger partial charge >= 0.3 is 12.1 Å².